The Labute approximate surface area is 127 Å². The Bertz CT molecular complexity index is 668. The Morgan fingerprint density at radius 2 is 1.55 bits per heavy atom. The van der Waals surface area contributed by atoms with Gasteiger partial charge >= 0.3 is 0 Å². The van der Waals surface area contributed by atoms with E-state index >= 15 is 0 Å². The second-order valence-electron chi connectivity index (χ2n) is 4.01. The summed E-state index contributed by atoms with van der Waals surface area (Å²) in [5.41, 5.74) is 7.56. The van der Waals surface area contributed by atoms with Crippen LogP contribution in [0.1, 0.15) is 0 Å². The maximum absolute atomic E-state index is 5.73. The molecule has 3 rings (SSSR count). The third kappa shape index (κ3) is 3.29. The lowest BCUT2D eigenvalue weighted by Gasteiger charge is -2.05. The van der Waals surface area contributed by atoms with Crippen molar-refractivity contribution in [2.75, 3.05) is 5.73 Å². The van der Waals surface area contributed by atoms with Gasteiger partial charge in [-0.15, -0.1) is 23.7 Å². The van der Waals surface area contributed by atoms with Crippen LogP contribution in [0, 0.1) is 0 Å². The average molecular weight is 305 g/mol. The van der Waals surface area contributed by atoms with Crippen molar-refractivity contribution in [3.63, 3.8) is 0 Å². The fraction of sp³-hybridized carbons (Fsp3) is 0. The standard InChI is InChI=1S/C15H12N2OS.ClH/c16-15-17-14(10-19-15)11-6-8-13(9-7-11)18-12-4-2-1-3-5-12;/h1-10H,(H2,16,17);1H. The molecule has 0 spiro atoms. The quantitative estimate of drug-likeness (QED) is 0.769. The molecule has 0 radical (unpaired) electrons. The number of halogens is 1. The van der Waals surface area contributed by atoms with Crippen LogP contribution in [0.25, 0.3) is 11.3 Å². The number of rotatable bonds is 3. The normalized spacial score (nSPS) is 9.80. The van der Waals surface area contributed by atoms with Gasteiger partial charge in [0.1, 0.15) is 11.5 Å². The Kier molecular flexibility index (Phi) is 4.61. The van der Waals surface area contributed by atoms with E-state index in [4.69, 9.17) is 10.5 Å². The zero-order chi connectivity index (χ0) is 13.1. The van der Waals surface area contributed by atoms with E-state index in [0.29, 0.717) is 5.13 Å². The highest BCUT2D eigenvalue weighted by Crippen LogP contribution is 2.27. The van der Waals surface area contributed by atoms with Crippen LogP contribution in [-0.4, -0.2) is 4.98 Å². The smallest absolute Gasteiger partial charge is 0.180 e. The molecule has 0 unspecified atom stereocenters. The molecule has 0 saturated heterocycles. The van der Waals surface area contributed by atoms with Crippen LogP contribution in [0.15, 0.2) is 60.0 Å². The van der Waals surface area contributed by atoms with Crippen LogP contribution in [-0.2, 0) is 0 Å². The van der Waals surface area contributed by atoms with E-state index in [1.807, 2.05) is 60.0 Å². The van der Waals surface area contributed by atoms with E-state index in [0.717, 1.165) is 22.8 Å². The van der Waals surface area contributed by atoms with Crippen molar-refractivity contribution < 1.29 is 4.74 Å². The SMILES string of the molecule is Cl.Nc1nc(-c2ccc(Oc3ccccc3)cc2)cs1. The van der Waals surface area contributed by atoms with Gasteiger partial charge in [0.05, 0.1) is 5.69 Å². The van der Waals surface area contributed by atoms with Gasteiger partial charge in [-0.25, -0.2) is 4.98 Å². The average Bonchev–Trinajstić information content (AvgIpc) is 2.87. The minimum absolute atomic E-state index is 0. The van der Waals surface area contributed by atoms with Crippen LogP contribution in [0.5, 0.6) is 11.5 Å². The fourth-order valence-corrected chi connectivity index (χ4v) is 2.31. The van der Waals surface area contributed by atoms with Crippen molar-refractivity contribution >= 4 is 28.9 Å². The first kappa shape index (κ1) is 14.4. The number of anilines is 1. The topological polar surface area (TPSA) is 48.1 Å². The van der Waals surface area contributed by atoms with Crippen LogP contribution in [0.3, 0.4) is 0 Å². The van der Waals surface area contributed by atoms with E-state index in [9.17, 15) is 0 Å². The number of nitrogen functional groups attached to an aromatic ring is 1. The van der Waals surface area contributed by atoms with E-state index in [2.05, 4.69) is 4.98 Å². The number of aromatic nitrogens is 1. The van der Waals surface area contributed by atoms with Crippen LogP contribution < -0.4 is 10.5 Å². The first-order valence-corrected chi connectivity index (χ1v) is 6.73. The first-order valence-electron chi connectivity index (χ1n) is 5.85. The summed E-state index contributed by atoms with van der Waals surface area (Å²) in [6.07, 6.45) is 0. The van der Waals surface area contributed by atoms with E-state index in [-0.39, 0.29) is 12.4 Å². The highest BCUT2D eigenvalue weighted by Gasteiger charge is 2.03. The minimum atomic E-state index is 0. The van der Waals surface area contributed by atoms with Crippen LogP contribution in [0.4, 0.5) is 5.13 Å². The summed E-state index contributed by atoms with van der Waals surface area (Å²) >= 11 is 1.44. The molecule has 0 atom stereocenters. The molecule has 0 aliphatic heterocycles. The minimum Gasteiger partial charge on any atom is -0.457 e. The maximum Gasteiger partial charge on any atom is 0.180 e. The highest BCUT2D eigenvalue weighted by molar-refractivity contribution is 7.13. The summed E-state index contributed by atoms with van der Waals surface area (Å²) < 4.78 is 5.73. The van der Waals surface area contributed by atoms with E-state index in [1.165, 1.54) is 11.3 Å². The zero-order valence-electron chi connectivity index (χ0n) is 10.5. The number of benzene rings is 2. The predicted molar refractivity (Wildman–Crippen MR) is 85.7 cm³/mol. The highest BCUT2D eigenvalue weighted by atomic mass is 35.5. The number of hydrogen-bond donors (Lipinski definition) is 1. The molecule has 2 aromatic carbocycles. The molecule has 3 aromatic rings. The zero-order valence-corrected chi connectivity index (χ0v) is 12.2. The monoisotopic (exact) mass is 304 g/mol. The summed E-state index contributed by atoms with van der Waals surface area (Å²) in [6.45, 7) is 0. The molecule has 0 fully saturated rings. The van der Waals surface area contributed by atoms with Crippen LogP contribution >= 0.6 is 23.7 Å². The maximum atomic E-state index is 5.73. The third-order valence-corrected chi connectivity index (χ3v) is 3.32. The molecule has 0 aliphatic carbocycles. The molecule has 0 aliphatic rings. The number of nitrogens with zero attached hydrogens (tertiary/aromatic N) is 1. The molecule has 1 heterocycles. The summed E-state index contributed by atoms with van der Waals surface area (Å²) in [5, 5.41) is 2.53. The molecule has 3 nitrogen and oxygen atoms in total. The molecule has 5 heteroatoms. The summed E-state index contributed by atoms with van der Waals surface area (Å²) in [5.74, 6) is 1.63. The Morgan fingerprint density at radius 3 is 2.15 bits per heavy atom. The van der Waals surface area contributed by atoms with E-state index in [1.54, 1.807) is 0 Å². The number of nitrogens with two attached hydrogens (primary N) is 1. The number of ether oxygens (including phenoxy) is 1. The predicted octanol–water partition coefficient (Wildman–Crippen LogP) is 4.61. The molecule has 0 saturated carbocycles. The molecule has 102 valence electrons. The molecule has 20 heavy (non-hydrogen) atoms. The first-order chi connectivity index (χ1) is 9.31. The second kappa shape index (κ2) is 6.41. The molecule has 2 N–H and O–H groups in total. The van der Waals surface area contributed by atoms with Crippen LogP contribution in [0.2, 0.25) is 0 Å². The van der Waals surface area contributed by atoms with Crippen molar-refractivity contribution in [3.05, 3.63) is 60.0 Å². The molecular weight excluding hydrogens is 292 g/mol. The van der Waals surface area contributed by atoms with Crippen molar-refractivity contribution in [1.82, 2.24) is 4.98 Å². The number of thiazole rings is 1. The van der Waals surface area contributed by atoms with Gasteiger partial charge in [0.15, 0.2) is 5.13 Å². The molecular formula is C15H13ClN2OS. The van der Waals surface area contributed by atoms with Gasteiger partial charge in [0.2, 0.25) is 0 Å². The van der Waals surface area contributed by atoms with Crippen molar-refractivity contribution in [2.45, 2.75) is 0 Å². The van der Waals surface area contributed by atoms with Crippen molar-refractivity contribution in [1.29, 1.82) is 0 Å². The summed E-state index contributed by atoms with van der Waals surface area (Å²) in [7, 11) is 0. The molecule has 1 aromatic heterocycles. The van der Waals surface area contributed by atoms with Crippen molar-refractivity contribution in [3.8, 4) is 22.8 Å². The fourth-order valence-electron chi connectivity index (χ4n) is 1.74. The Hall–Kier alpha value is -2.04. The summed E-state index contributed by atoms with van der Waals surface area (Å²) in [4.78, 5) is 4.25. The lowest BCUT2D eigenvalue weighted by atomic mass is 10.2. The lowest BCUT2D eigenvalue weighted by molar-refractivity contribution is 0.483. The second-order valence-corrected chi connectivity index (χ2v) is 4.90. The van der Waals surface area contributed by atoms with Crippen molar-refractivity contribution in [2.24, 2.45) is 0 Å². The lowest BCUT2D eigenvalue weighted by Crippen LogP contribution is -1.85. The third-order valence-electron chi connectivity index (χ3n) is 2.65. The molecule has 0 bridgehead atoms. The van der Waals surface area contributed by atoms with Gasteiger partial charge in [0.25, 0.3) is 0 Å². The largest absolute Gasteiger partial charge is 0.457 e. The Balaban J connectivity index is 0.00000147. The van der Waals surface area contributed by atoms with Gasteiger partial charge < -0.3 is 10.5 Å². The Morgan fingerprint density at radius 1 is 0.900 bits per heavy atom. The van der Waals surface area contributed by atoms with Gasteiger partial charge in [-0.05, 0) is 36.4 Å². The van der Waals surface area contributed by atoms with Gasteiger partial charge in [-0.3, -0.25) is 0 Å². The van der Waals surface area contributed by atoms with Gasteiger partial charge in [-0.1, -0.05) is 18.2 Å². The van der Waals surface area contributed by atoms with Gasteiger partial charge in [0, 0.05) is 10.9 Å². The molecule has 0 amide bonds. The number of para-hydroxylation sites is 1. The van der Waals surface area contributed by atoms with E-state index < -0.39 is 0 Å². The van der Waals surface area contributed by atoms with Gasteiger partial charge in [-0.2, -0.15) is 0 Å². The number of hydrogen-bond acceptors (Lipinski definition) is 4. The summed E-state index contributed by atoms with van der Waals surface area (Å²) in [6, 6.07) is 17.5.